The maximum atomic E-state index is 13.3. The lowest BCUT2D eigenvalue weighted by atomic mass is 10.0. The van der Waals surface area contributed by atoms with Crippen molar-refractivity contribution in [1.82, 2.24) is 5.32 Å². The Morgan fingerprint density at radius 3 is 2.40 bits per heavy atom. The number of imide groups is 2. The third-order valence-electron chi connectivity index (χ3n) is 6.63. The van der Waals surface area contributed by atoms with Crippen molar-refractivity contribution in [2.75, 3.05) is 19.1 Å². The van der Waals surface area contributed by atoms with Gasteiger partial charge >= 0.3 is 6.03 Å². The Labute approximate surface area is 244 Å². The first kappa shape index (κ1) is 27.2. The number of nitrogens with one attached hydrogen (secondary N) is 1. The van der Waals surface area contributed by atoms with E-state index >= 15 is 0 Å². The van der Waals surface area contributed by atoms with Gasteiger partial charge in [-0.2, -0.15) is 0 Å². The van der Waals surface area contributed by atoms with Gasteiger partial charge in [0.2, 0.25) is 0 Å². The number of ether oxygens (including phenoxy) is 3. The molecule has 0 bridgehead atoms. The molecule has 8 nitrogen and oxygen atoms in total. The summed E-state index contributed by atoms with van der Waals surface area (Å²) in [5.41, 5.74) is 2.86. The Bertz CT molecular complexity index is 1680. The summed E-state index contributed by atoms with van der Waals surface area (Å²) in [5, 5.41) is 4.49. The van der Waals surface area contributed by atoms with E-state index in [1.165, 1.54) is 20.3 Å². The molecule has 202 valence electrons. The molecule has 5 rings (SSSR count). The number of hydrogen-bond donors (Lipinski definition) is 1. The first-order valence-corrected chi connectivity index (χ1v) is 13.4. The Kier molecular flexibility index (Phi) is 7.74. The molecule has 0 atom stereocenters. The summed E-state index contributed by atoms with van der Waals surface area (Å²) in [6.45, 7) is 2.38. The summed E-state index contributed by atoms with van der Waals surface area (Å²) in [5.74, 6) is 0.0515. The molecule has 0 radical (unpaired) electrons. The van der Waals surface area contributed by atoms with Gasteiger partial charge in [0.15, 0.2) is 11.5 Å². The van der Waals surface area contributed by atoms with Crippen LogP contribution in [0, 0.1) is 10.5 Å². The van der Waals surface area contributed by atoms with Gasteiger partial charge in [-0.15, -0.1) is 0 Å². The number of aryl methyl sites for hydroxylation is 1. The standard InChI is InChI=1S/C31H25IN2O6/c1-18-8-9-20-6-4-5-7-23(20)25(18)17-40-28-26(32)15-19(16-27(28)39-3)14-24-29(35)33-31(37)34(30(24)36)21-10-12-22(38-2)13-11-21/h4-16H,17H2,1-3H3,(H,33,35,37)/b24-14+. The van der Waals surface area contributed by atoms with Crippen molar-refractivity contribution in [2.24, 2.45) is 0 Å². The average molecular weight is 648 g/mol. The second kappa shape index (κ2) is 11.4. The number of barbiturate groups is 1. The molecule has 9 heteroatoms. The van der Waals surface area contributed by atoms with Gasteiger partial charge < -0.3 is 14.2 Å². The average Bonchev–Trinajstić information content (AvgIpc) is 2.95. The van der Waals surface area contributed by atoms with Crippen LogP contribution in [0.15, 0.2) is 78.4 Å². The number of amides is 4. The summed E-state index contributed by atoms with van der Waals surface area (Å²) in [4.78, 5) is 39.4. The van der Waals surface area contributed by atoms with Gasteiger partial charge in [-0.25, -0.2) is 9.69 Å². The van der Waals surface area contributed by atoms with E-state index < -0.39 is 17.8 Å². The molecular weight excluding hydrogens is 623 g/mol. The third kappa shape index (κ3) is 5.24. The van der Waals surface area contributed by atoms with E-state index in [4.69, 9.17) is 14.2 Å². The molecule has 1 aliphatic heterocycles. The first-order chi connectivity index (χ1) is 19.3. The highest BCUT2D eigenvalue weighted by Gasteiger charge is 2.37. The normalized spacial score (nSPS) is 14.4. The van der Waals surface area contributed by atoms with Crippen LogP contribution in [0.25, 0.3) is 16.8 Å². The van der Waals surface area contributed by atoms with Crippen LogP contribution in [-0.4, -0.2) is 32.1 Å². The number of halogens is 1. The van der Waals surface area contributed by atoms with Crippen LogP contribution in [0.2, 0.25) is 0 Å². The predicted molar refractivity (Wildman–Crippen MR) is 161 cm³/mol. The van der Waals surface area contributed by atoms with Gasteiger partial charge in [-0.1, -0.05) is 36.4 Å². The van der Waals surface area contributed by atoms with Crippen LogP contribution in [0.4, 0.5) is 10.5 Å². The number of carbonyl (C=O) groups is 3. The fraction of sp³-hybridized carbons (Fsp3) is 0.129. The molecule has 1 fully saturated rings. The zero-order chi connectivity index (χ0) is 28.4. The van der Waals surface area contributed by atoms with E-state index in [9.17, 15) is 14.4 Å². The highest BCUT2D eigenvalue weighted by Crippen LogP contribution is 2.36. The van der Waals surface area contributed by atoms with Crippen molar-refractivity contribution in [3.05, 3.63) is 98.6 Å². The lowest BCUT2D eigenvalue weighted by Gasteiger charge is -2.26. The number of hydrogen-bond acceptors (Lipinski definition) is 6. The summed E-state index contributed by atoms with van der Waals surface area (Å²) in [6, 6.07) is 21.4. The molecule has 0 aromatic heterocycles. The van der Waals surface area contributed by atoms with Crippen LogP contribution in [0.1, 0.15) is 16.7 Å². The molecule has 0 aliphatic carbocycles. The van der Waals surface area contributed by atoms with Crippen LogP contribution in [0.3, 0.4) is 0 Å². The number of fused-ring (bicyclic) bond motifs is 1. The zero-order valence-corrected chi connectivity index (χ0v) is 24.1. The Morgan fingerprint density at radius 2 is 1.68 bits per heavy atom. The van der Waals surface area contributed by atoms with Crippen molar-refractivity contribution in [2.45, 2.75) is 13.5 Å². The van der Waals surface area contributed by atoms with E-state index in [1.807, 2.05) is 12.1 Å². The van der Waals surface area contributed by atoms with Crippen molar-refractivity contribution >= 4 is 63.0 Å². The van der Waals surface area contributed by atoms with Gasteiger partial charge in [0.05, 0.1) is 23.5 Å². The molecular formula is C31H25IN2O6. The number of methoxy groups -OCH3 is 2. The number of rotatable bonds is 7. The van der Waals surface area contributed by atoms with Crippen LogP contribution < -0.4 is 24.4 Å². The molecule has 4 aromatic rings. The fourth-order valence-electron chi connectivity index (χ4n) is 4.53. The summed E-state index contributed by atoms with van der Waals surface area (Å²) < 4.78 is 17.8. The number of urea groups is 1. The summed E-state index contributed by atoms with van der Waals surface area (Å²) in [6.07, 6.45) is 1.43. The lowest BCUT2D eigenvalue weighted by Crippen LogP contribution is -2.54. The zero-order valence-electron chi connectivity index (χ0n) is 22.0. The second-order valence-electron chi connectivity index (χ2n) is 9.06. The van der Waals surface area contributed by atoms with Gasteiger partial charge in [0, 0.05) is 5.56 Å². The van der Waals surface area contributed by atoms with Crippen LogP contribution in [0.5, 0.6) is 17.2 Å². The van der Waals surface area contributed by atoms with Crippen LogP contribution >= 0.6 is 22.6 Å². The maximum absolute atomic E-state index is 13.3. The molecule has 1 aliphatic rings. The van der Waals surface area contributed by atoms with Gasteiger partial charge in [0.1, 0.15) is 17.9 Å². The Hall–Kier alpha value is -4.38. The number of benzene rings is 4. The van der Waals surface area contributed by atoms with Gasteiger partial charge in [0.25, 0.3) is 11.8 Å². The Balaban J connectivity index is 1.45. The maximum Gasteiger partial charge on any atom is 0.335 e. The number of carbonyl (C=O) groups excluding carboxylic acids is 3. The molecule has 0 saturated carbocycles. The van der Waals surface area contributed by atoms with E-state index in [-0.39, 0.29) is 5.57 Å². The van der Waals surface area contributed by atoms with Crippen molar-refractivity contribution in [1.29, 1.82) is 0 Å². The molecule has 4 aromatic carbocycles. The van der Waals surface area contributed by atoms with Gasteiger partial charge in [-0.05, 0) is 93.9 Å². The summed E-state index contributed by atoms with van der Waals surface area (Å²) >= 11 is 2.14. The minimum Gasteiger partial charge on any atom is -0.497 e. The Morgan fingerprint density at radius 1 is 0.925 bits per heavy atom. The molecule has 1 N–H and O–H groups in total. The predicted octanol–water partition coefficient (Wildman–Crippen LogP) is 6.02. The lowest BCUT2D eigenvalue weighted by molar-refractivity contribution is -0.122. The van der Waals surface area contributed by atoms with Crippen LogP contribution in [-0.2, 0) is 16.2 Å². The molecule has 0 unspecified atom stereocenters. The van der Waals surface area contributed by atoms with Gasteiger partial charge in [-0.3, -0.25) is 14.9 Å². The minimum atomic E-state index is -0.822. The molecule has 40 heavy (non-hydrogen) atoms. The van der Waals surface area contributed by atoms with Crippen molar-refractivity contribution < 1.29 is 28.6 Å². The second-order valence-corrected chi connectivity index (χ2v) is 10.2. The summed E-state index contributed by atoms with van der Waals surface area (Å²) in [7, 11) is 3.05. The minimum absolute atomic E-state index is 0.187. The first-order valence-electron chi connectivity index (χ1n) is 12.3. The third-order valence-corrected chi connectivity index (χ3v) is 7.43. The fourth-order valence-corrected chi connectivity index (χ4v) is 5.32. The molecule has 4 amide bonds. The van der Waals surface area contributed by atoms with E-state index in [2.05, 4.69) is 59.1 Å². The largest absolute Gasteiger partial charge is 0.497 e. The SMILES string of the molecule is COc1ccc(N2C(=O)NC(=O)/C(=C\c3cc(I)c(OCc4c(C)ccc5ccccc45)c(OC)c3)C2=O)cc1. The van der Waals surface area contributed by atoms with Crippen molar-refractivity contribution in [3.63, 3.8) is 0 Å². The van der Waals surface area contributed by atoms with E-state index in [1.54, 1.807) is 36.4 Å². The quantitative estimate of drug-likeness (QED) is 0.150. The smallest absolute Gasteiger partial charge is 0.335 e. The molecule has 0 spiro atoms. The number of anilines is 1. The highest BCUT2D eigenvalue weighted by molar-refractivity contribution is 14.1. The topological polar surface area (TPSA) is 94.2 Å². The molecule has 1 saturated heterocycles. The number of nitrogens with zero attached hydrogens (tertiary/aromatic N) is 1. The highest BCUT2D eigenvalue weighted by atomic mass is 127. The van der Waals surface area contributed by atoms with E-state index in [0.717, 1.165) is 30.4 Å². The van der Waals surface area contributed by atoms with Crippen molar-refractivity contribution in [3.8, 4) is 17.2 Å². The van der Waals surface area contributed by atoms with E-state index in [0.29, 0.717) is 35.1 Å². The monoisotopic (exact) mass is 648 g/mol. The molecule has 1 heterocycles.